The molecule has 286 valence electrons. The lowest BCUT2D eigenvalue weighted by Crippen LogP contribution is -2.58. The molecule has 5 aliphatic rings. The molecule has 2 saturated carbocycles. The van der Waals surface area contributed by atoms with Crippen LogP contribution in [-0.2, 0) is 42.2 Å². The molecule has 1 saturated heterocycles. The quantitative estimate of drug-likeness (QED) is 0.307. The van der Waals surface area contributed by atoms with Crippen molar-refractivity contribution in [1.29, 1.82) is 0 Å². The number of halogens is 1. The fourth-order valence-corrected chi connectivity index (χ4v) is 9.07. The molecule has 3 aliphatic heterocycles. The summed E-state index contributed by atoms with van der Waals surface area (Å²) in [5.74, 6) is -2.82. The summed E-state index contributed by atoms with van der Waals surface area (Å²) >= 11 is 0. The van der Waals surface area contributed by atoms with E-state index in [-0.39, 0.29) is 38.5 Å². The van der Waals surface area contributed by atoms with Crippen LogP contribution in [0.4, 0.5) is 15.2 Å². The predicted octanol–water partition coefficient (Wildman–Crippen LogP) is 4.26. The van der Waals surface area contributed by atoms with E-state index < -0.39 is 74.0 Å². The van der Waals surface area contributed by atoms with E-state index in [1.54, 1.807) is 31.2 Å². The zero-order valence-corrected chi connectivity index (χ0v) is 30.7. The van der Waals surface area contributed by atoms with Crippen molar-refractivity contribution in [3.8, 4) is 0 Å². The van der Waals surface area contributed by atoms with Crippen molar-refractivity contribution in [2.75, 3.05) is 11.9 Å². The van der Waals surface area contributed by atoms with Crippen LogP contribution in [-0.4, -0.2) is 82.0 Å². The Kier molecular flexibility index (Phi) is 9.13. The number of carbonyl (C=O) groups is 4. The standard InChI is InChI=1S/C38H43FN6O8S/c1-37(16-17-37)54(50,51)43-34(48)38-19-24(38)11-5-3-2-4-6-14-29(41-35-40-28-13-7-8-15-31(28)53-35)33(47)45-21-25(18-30(45)32(46)42-38)52-36(49)44-20-23-10-9-12-27(39)26(23)22-44/h5,7-13,15,24-25,29-30H,2-4,6,14,16-22H2,1H3,(H,40,41)(H,42,46)(H,43,48)/b11-5-/t24-,25-,29+,30+,38-/m1/s1. The molecule has 1 aromatic heterocycles. The third-order valence-electron chi connectivity index (χ3n) is 11.5. The number of amides is 4. The Labute approximate surface area is 311 Å². The first kappa shape index (κ1) is 36.0. The molecule has 8 rings (SSSR count). The highest BCUT2D eigenvalue weighted by molar-refractivity contribution is 7.91. The maximum Gasteiger partial charge on any atom is 0.410 e. The van der Waals surface area contributed by atoms with Gasteiger partial charge >= 0.3 is 6.09 Å². The van der Waals surface area contributed by atoms with Crippen LogP contribution >= 0.6 is 0 Å². The van der Waals surface area contributed by atoms with Crippen molar-refractivity contribution in [2.24, 2.45) is 5.92 Å². The van der Waals surface area contributed by atoms with Crippen molar-refractivity contribution in [1.82, 2.24) is 24.8 Å². The van der Waals surface area contributed by atoms with Gasteiger partial charge in [0.05, 0.1) is 17.8 Å². The summed E-state index contributed by atoms with van der Waals surface area (Å²) in [7, 11) is -4.00. The van der Waals surface area contributed by atoms with Gasteiger partial charge in [0, 0.05) is 24.4 Å². The van der Waals surface area contributed by atoms with E-state index in [9.17, 15) is 32.0 Å². The Hall–Kier alpha value is -4.99. The molecule has 0 unspecified atom stereocenters. The van der Waals surface area contributed by atoms with Gasteiger partial charge < -0.3 is 24.7 Å². The van der Waals surface area contributed by atoms with Gasteiger partial charge in [0.1, 0.15) is 35.1 Å². The van der Waals surface area contributed by atoms with Crippen LogP contribution in [0.3, 0.4) is 0 Å². The van der Waals surface area contributed by atoms with Crippen LogP contribution in [0, 0.1) is 11.7 Å². The second-order valence-corrected chi connectivity index (χ2v) is 17.6. The van der Waals surface area contributed by atoms with Gasteiger partial charge in [-0.05, 0) is 69.2 Å². The van der Waals surface area contributed by atoms with Crippen LogP contribution in [0.2, 0.25) is 0 Å². The summed E-state index contributed by atoms with van der Waals surface area (Å²) in [6.07, 6.45) is 6.47. The van der Waals surface area contributed by atoms with Crippen molar-refractivity contribution < 1.29 is 41.1 Å². The minimum absolute atomic E-state index is 0.0190. The average Bonchev–Trinajstić information content (AvgIpc) is 3.81. The Balaban J connectivity index is 1.07. The number of aromatic nitrogens is 1. The molecule has 4 amide bonds. The van der Waals surface area contributed by atoms with Gasteiger partial charge in [-0.25, -0.2) is 17.6 Å². The Morgan fingerprint density at radius 3 is 2.67 bits per heavy atom. The lowest BCUT2D eigenvalue weighted by Gasteiger charge is -2.29. The Morgan fingerprint density at radius 2 is 1.89 bits per heavy atom. The van der Waals surface area contributed by atoms with Crippen molar-refractivity contribution in [3.63, 3.8) is 0 Å². The van der Waals surface area contributed by atoms with Crippen molar-refractivity contribution in [2.45, 2.75) is 106 Å². The number of rotatable bonds is 6. The number of fused-ring (bicyclic) bond motifs is 4. The number of carbonyl (C=O) groups excluding carboxylic acids is 4. The largest absolute Gasteiger partial charge is 0.444 e. The molecular formula is C38H43FN6O8S. The molecule has 2 aromatic carbocycles. The highest BCUT2D eigenvalue weighted by Gasteiger charge is 2.63. The van der Waals surface area contributed by atoms with Gasteiger partial charge in [0.25, 0.3) is 11.9 Å². The molecule has 3 fully saturated rings. The van der Waals surface area contributed by atoms with Crippen LogP contribution < -0.4 is 15.4 Å². The highest BCUT2D eigenvalue weighted by Crippen LogP contribution is 2.47. The number of nitrogens with one attached hydrogen (secondary N) is 3. The molecule has 2 aliphatic carbocycles. The van der Waals surface area contributed by atoms with Gasteiger partial charge in [0.2, 0.25) is 21.8 Å². The first-order valence-electron chi connectivity index (χ1n) is 18.6. The lowest BCUT2D eigenvalue weighted by atomic mass is 10.0. The number of anilines is 1. The molecule has 14 nitrogen and oxygen atoms in total. The summed E-state index contributed by atoms with van der Waals surface area (Å²) in [6.45, 7) is 1.62. The first-order valence-corrected chi connectivity index (χ1v) is 20.0. The molecule has 4 heterocycles. The SMILES string of the molecule is CC1(S(=O)(=O)NC(=O)[C@@]23C[C@H]2/C=C\CCCCC[C@H](Nc2nc4ccccc4o2)C(=O)N2C[C@H](OC(=O)N4Cc5cccc(F)c5C4)C[C@H]2C(=O)N3)CC1. The number of para-hydroxylation sites is 2. The number of hydrogen-bond donors (Lipinski definition) is 3. The number of sulfonamides is 1. The van der Waals surface area contributed by atoms with E-state index in [1.807, 2.05) is 24.3 Å². The number of nitrogens with zero attached hydrogens (tertiary/aromatic N) is 3. The van der Waals surface area contributed by atoms with Gasteiger partial charge in [0.15, 0.2) is 5.58 Å². The van der Waals surface area contributed by atoms with Crippen LogP contribution in [0.5, 0.6) is 0 Å². The molecule has 16 heteroatoms. The molecule has 0 spiro atoms. The summed E-state index contributed by atoms with van der Waals surface area (Å²) < 4.78 is 53.7. The van der Waals surface area contributed by atoms with Crippen molar-refractivity contribution in [3.05, 3.63) is 71.6 Å². The number of benzene rings is 2. The van der Waals surface area contributed by atoms with Gasteiger partial charge in [-0.15, -0.1) is 0 Å². The third kappa shape index (κ3) is 6.80. The summed E-state index contributed by atoms with van der Waals surface area (Å²) in [5, 5.41) is 6.00. The van der Waals surface area contributed by atoms with E-state index in [2.05, 4.69) is 20.3 Å². The molecule has 0 radical (unpaired) electrons. The zero-order chi connectivity index (χ0) is 37.8. The second kappa shape index (κ2) is 13.7. The Morgan fingerprint density at radius 1 is 1.07 bits per heavy atom. The number of oxazole rings is 1. The number of ether oxygens (including phenoxy) is 1. The minimum Gasteiger partial charge on any atom is -0.444 e. The maximum absolute atomic E-state index is 14.6. The topological polar surface area (TPSA) is 180 Å². The van der Waals surface area contributed by atoms with Crippen LogP contribution in [0.15, 0.2) is 59.0 Å². The van der Waals surface area contributed by atoms with Gasteiger partial charge in [-0.3, -0.25) is 24.0 Å². The van der Waals surface area contributed by atoms with E-state index in [4.69, 9.17) is 9.15 Å². The summed E-state index contributed by atoms with van der Waals surface area (Å²) in [4.78, 5) is 63.4. The molecular weight excluding hydrogens is 720 g/mol. The molecule has 5 atom stereocenters. The maximum atomic E-state index is 14.6. The minimum atomic E-state index is -4.00. The third-order valence-corrected chi connectivity index (χ3v) is 13.7. The van der Waals surface area contributed by atoms with Crippen molar-refractivity contribution >= 4 is 51.0 Å². The predicted molar refractivity (Wildman–Crippen MR) is 193 cm³/mol. The van der Waals surface area contributed by atoms with E-state index in [0.29, 0.717) is 54.3 Å². The Bertz CT molecular complexity index is 2120. The fourth-order valence-electron chi connectivity index (χ4n) is 7.76. The summed E-state index contributed by atoms with van der Waals surface area (Å²) in [5.41, 5.74) is 0.669. The molecule has 3 N–H and O–H groups in total. The van der Waals surface area contributed by atoms with Crippen LogP contribution in [0.1, 0.15) is 75.8 Å². The average molecular weight is 763 g/mol. The highest BCUT2D eigenvalue weighted by atomic mass is 32.2. The zero-order valence-electron chi connectivity index (χ0n) is 29.9. The molecule has 54 heavy (non-hydrogen) atoms. The van der Waals surface area contributed by atoms with E-state index in [0.717, 1.165) is 12.8 Å². The smallest absolute Gasteiger partial charge is 0.410 e. The summed E-state index contributed by atoms with van der Waals surface area (Å²) in [6, 6.07) is 9.94. The molecule has 0 bridgehead atoms. The van der Waals surface area contributed by atoms with Gasteiger partial charge in [-0.1, -0.05) is 49.3 Å². The lowest BCUT2D eigenvalue weighted by molar-refractivity contribution is -0.140. The number of hydrogen-bond acceptors (Lipinski definition) is 10. The monoisotopic (exact) mass is 762 g/mol. The fraction of sp³-hybridized carbons (Fsp3) is 0.500. The van der Waals surface area contributed by atoms with Crippen LogP contribution in [0.25, 0.3) is 11.1 Å². The van der Waals surface area contributed by atoms with Gasteiger partial charge in [-0.2, -0.15) is 4.98 Å². The normalized spacial score (nSPS) is 28.5. The first-order chi connectivity index (χ1) is 25.9. The van der Waals surface area contributed by atoms with E-state index >= 15 is 0 Å². The number of allylic oxidation sites excluding steroid dienone is 1. The molecule has 3 aromatic rings. The van der Waals surface area contributed by atoms with E-state index in [1.165, 1.54) is 15.9 Å². The second-order valence-electron chi connectivity index (χ2n) is 15.4.